The summed E-state index contributed by atoms with van der Waals surface area (Å²) in [6, 6.07) is 2.26. The van der Waals surface area contributed by atoms with Crippen LogP contribution in [0.5, 0.6) is 0 Å². The van der Waals surface area contributed by atoms with Crippen molar-refractivity contribution in [2.45, 2.75) is 38.8 Å². The molecule has 0 spiro atoms. The molecule has 1 aliphatic heterocycles. The van der Waals surface area contributed by atoms with Crippen LogP contribution in [0, 0.1) is 17.5 Å². The molecule has 106 valence electrons. The molecular weight excluding hydrogens is 253 g/mol. The highest BCUT2D eigenvalue weighted by atomic mass is 19.2. The Kier molecular flexibility index (Phi) is 4.34. The molecule has 2 atom stereocenters. The monoisotopic (exact) mass is 272 g/mol. The van der Waals surface area contributed by atoms with Gasteiger partial charge >= 0.3 is 0 Å². The zero-order valence-corrected chi connectivity index (χ0v) is 11.2. The van der Waals surface area contributed by atoms with E-state index >= 15 is 0 Å². The second-order valence-electron chi connectivity index (χ2n) is 5.25. The van der Waals surface area contributed by atoms with E-state index in [1.165, 1.54) is 0 Å². The lowest BCUT2D eigenvalue weighted by atomic mass is 10.1. The normalized spacial score (nSPS) is 25.0. The summed E-state index contributed by atoms with van der Waals surface area (Å²) in [7, 11) is 0. The van der Waals surface area contributed by atoms with Crippen LogP contribution in [0.2, 0.25) is 0 Å². The first-order valence-electron chi connectivity index (χ1n) is 6.63. The third kappa shape index (κ3) is 3.41. The van der Waals surface area contributed by atoms with E-state index in [1.54, 1.807) is 4.90 Å². The maximum absolute atomic E-state index is 13.8. The van der Waals surface area contributed by atoms with Gasteiger partial charge in [-0.2, -0.15) is 0 Å². The standard InChI is InChI=1S/C14H19F3N2/c1-9-3-5-19(6-4-10(2)18-9)13-8-11(15)7-12(16)14(13)17/h7-10,18H,3-6H2,1-2H3. The number of nitrogens with zero attached hydrogens (tertiary/aromatic N) is 1. The van der Waals surface area contributed by atoms with E-state index < -0.39 is 17.5 Å². The zero-order valence-electron chi connectivity index (χ0n) is 11.2. The van der Waals surface area contributed by atoms with Crippen LogP contribution < -0.4 is 10.2 Å². The van der Waals surface area contributed by atoms with Crippen LogP contribution in [-0.4, -0.2) is 25.2 Å². The number of rotatable bonds is 1. The number of hydrogen-bond donors (Lipinski definition) is 1. The van der Waals surface area contributed by atoms with Gasteiger partial charge in [-0.3, -0.25) is 0 Å². The van der Waals surface area contributed by atoms with Gasteiger partial charge in [0.1, 0.15) is 5.82 Å². The van der Waals surface area contributed by atoms with Crippen molar-refractivity contribution >= 4 is 5.69 Å². The molecule has 19 heavy (non-hydrogen) atoms. The number of benzene rings is 1. The van der Waals surface area contributed by atoms with Crippen molar-refractivity contribution in [3.63, 3.8) is 0 Å². The Morgan fingerprint density at radius 3 is 2.21 bits per heavy atom. The fourth-order valence-corrected chi connectivity index (χ4v) is 2.48. The number of halogens is 3. The summed E-state index contributed by atoms with van der Waals surface area (Å²) < 4.78 is 40.3. The van der Waals surface area contributed by atoms with Crippen LogP contribution in [0.4, 0.5) is 18.9 Å². The van der Waals surface area contributed by atoms with Gasteiger partial charge in [-0.1, -0.05) is 0 Å². The van der Waals surface area contributed by atoms with Gasteiger partial charge in [0.2, 0.25) is 0 Å². The molecule has 0 radical (unpaired) electrons. The summed E-state index contributed by atoms with van der Waals surface area (Å²) >= 11 is 0. The van der Waals surface area contributed by atoms with E-state index in [0.29, 0.717) is 31.2 Å². The van der Waals surface area contributed by atoms with Crippen molar-refractivity contribution in [2.75, 3.05) is 18.0 Å². The third-order valence-corrected chi connectivity index (χ3v) is 3.55. The Morgan fingerprint density at radius 2 is 1.63 bits per heavy atom. The second kappa shape index (κ2) is 5.82. The lowest BCUT2D eigenvalue weighted by molar-refractivity contribution is 0.401. The highest BCUT2D eigenvalue weighted by Crippen LogP contribution is 2.25. The molecule has 0 amide bonds. The largest absolute Gasteiger partial charge is 0.369 e. The molecule has 0 saturated carbocycles. The molecule has 2 nitrogen and oxygen atoms in total. The van der Waals surface area contributed by atoms with Crippen molar-refractivity contribution in [1.82, 2.24) is 5.32 Å². The van der Waals surface area contributed by atoms with Gasteiger partial charge in [-0.05, 0) is 26.7 Å². The molecule has 0 bridgehead atoms. The summed E-state index contributed by atoms with van der Waals surface area (Å²) in [6.45, 7) is 5.28. The molecule has 1 saturated heterocycles. The molecule has 0 aromatic heterocycles. The summed E-state index contributed by atoms with van der Waals surface area (Å²) in [4.78, 5) is 1.73. The maximum atomic E-state index is 13.8. The van der Waals surface area contributed by atoms with Crippen molar-refractivity contribution in [2.24, 2.45) is 0 Å². The van der Waals surface area contributed by atoms with Gasteiger partial charge < -0.3 is 10.2 Å². The minimum absolute atomic E-state index is 0.0267. The summed E-state index contributed by atoms with van der Waals surface area (Å²) in [5, 5.41) is 3.42. The lowest BCUT2D eigenvalue weighted by Crippen LogP contribution is -2.43. The van der Waals surface area contributed by atoms with Crippen LogP contribution in [0.3, 0.4) is 0 Å². The Hall–Kier alpha value is -1.23. The molecule has 1 fully saturated rings. The number of hydrogen-bond acceptors (Lipinski definition) is 2. The Morgan fingerprint density at radius 1 is 1.05 bits per heavy atom. The Bertz CT molecular complexity index is 439. The smallest absolute Gasteiger partial charge is 0.182 e. The third-order valence-electron chi connectivity index (χ3n) is 3.55. The average Bonchev–Trinajstić information content (AvgIpc) is 2.32. The topological polar surface area (TPSA) is 15.3 Å². The SMILES string of the molecule is CC1CCN(c2cc(F)cc(F)c2F)CCC(C)N1. The summed E-state index contributed by atoms with van der Waals surface area (Å²) in [5.41, 5.74) is 0.0267. The number of nitrogens with one attached hydrogen (secondary N) is 1. The van der Waals surface area contributed by atoms with E-state index in [2.05, 4.69) is 19.2 Å². The molecule has 2 rings (SSSR count). The summed E-state index contributed by atoms with van der Waals surface area (Å²) in [6.07, 6.45) is 1.61. The van der Waals surface area contributed by atoms with E-state index in [9.17, 15) is 13.2 Å². The zero-order chi connectivity index (χ0) is 14.0. The van der Waals surface area contributed by atoms with Crippen molar-refractivity contribution < 1.29 is 13.2 Å². The van der Waals surface area contributed by atoms with E-state index in [0.717, 1.165) is 18.9 Å². The van der Waals surface area contributed by atoms with E-state index in [-0.39, 0.29) is 5.69 Å². The van der Waals surface area contributed by atoms with Gasteiger partial charge in [-0.15, -0.1) is 0 Å². The first kappa shape index (κ1) is 14.2. The minimum atomic E-state index is -1.13. The Labute approximate surface area is 111 Å². The Balaban J connectivity index is 2.24. The van der Waals surface area contributed by atoms with Crippen molar-refractivity contribution in [1.29, 1.82) is 0 Å². The average molecular weight is 272 g/mol. The quantitative estimate of drug-likeness (QED) is 0.790. The van der Waals surface area contributed by atoms with Crippen molar-refractivity contribution in [3.05, 3.63) is 29.6 Å². The van der Waals surface area contributed by atoms with E-state index in [4.69, 9.17) is 0 Å². The molecule has 1 N–H and O–H groups in total. The molecule has 0 aliphatic carbocycles. The molecule has 1 aromatic rings. The molecule has 1 aliphatic rings. The fraction of sp³-hybridized carbons (Fsp3) is 0.571. The van der Waals surface area contributed by atoms with Crippen LogP contribution in [-0.2, 0) is 0 Å². The van der Waals surface area contributed by atoms with Crippen LogP contribution in [0.25, 0.3) is 0 Å². The van der Waals surface area contributed by atoms with Crippen molar-refractivity contribution in [3.8, 4) is 0 Å². The molecule has 5 heteroatoms. The molecular formula is C14H19F3N2. The molecule has 1 aromatic carbocycles. The predicted molar refractivity (Wildman–Crippen MR) is 69.8 cm³/mol. The van der Waals surface area contributed by atoms with Gasteiger partial charge in [0.05, 0.1) is 5.69 Å². The highest BCUT2D eigenvalue weighted by Gasteiger charge is 2.20. The predicted octanol–water partition coefficient (Wildman–Crippen LogP) is 3.07. The highest BCUT2D eigenvalue weighted by molar-refractivity contribution is 5.48. The minimum Gasteiger partial charge on any atom is -0.369 e. The number of anilines is 1. The van der Waals surface area contributed by atoms with Gasteiger partial charge in [0.15, 0.2) is 11.6 Å². The fourth-order valence-electron chi connectivity index (χ4n) is 2.48. The molecule has 2 unspecified atom stereocenters. The van der Waals surface area contributed by atoms with Crippen LogP contribution in [0.1, 0.15) is 26.7 Å². The van der Waals surface area contributed by atoms with Crippen LogP contribution >= 0.6 is 0 Å². The lowest BCUT2D eigenvalue weighted by Gasteiger charge is -2.32. The van der Waals surface area contributed by atoms with E-state index in [1.807, 2.05) is 0 Å². The first-order chi connectivity index (χ1) is 8.97. The maximum Gasteiger partial charge on any atom is 0.182 e. The second-order valence-corrected chi connectivity index (χ2v) is 5.25. The molecule has 1 heterocycles. The first-order valence-corrected chi connectivity index (χ1v) is 6.63. The van der Waals surface area contributed by atoms with Crippen LogP contribution in [0.15, 0.2) is 12.1 Å². The summed E-state index contributed by atoms with van der Waals surface area (Å²) in [5.74, 6) is -2.83. The van der Waals surface area contributed by atoms with Gasteiger partial charge in [0, 0.05) is 37.3 Å². The van der Waals surface area contributed by atoms with Gasteiger partial charge in [-0.25, -0.2) is 13.2 Å². The van der Waals surface area contributed by atoms with Gasteiger partial charge in [0.25, 0.3) is 0 Å².